The Labute approximate surface area is 137 Å². The Morgan fingerprint density at radius 1 is 1.14 bits per heavy atom. The molecule has 0 radical (unpaired) electrons. The molecular weight excluding hydrogens is 294 g/mol. The van der Waals surface area contributed by atoms with Gasteiger partial charge in [0.25, 0.3) is 0 Å². The second-order valence-corrected chi connectivity index (χ2v) is 6.33. The zero-order chi connectivity index (χ0) is 15.4. The SMILES string of the molecule is COc1ccc2c(c1)CCN(CCCc1cccc(Cl)c1)C2. The van der Waals surface area contributed by atoms with Crippen molar-refractivity contribution in [2.24, 2.45) is 0 Å². The molecule has 0 saturated carbocycles. The normalized spacial score (nSPS) is 14.6. The van der Waals surface area contributed by atoms with Gasteiger partial charge in [0.2, 0.25) is 0 Å². The average molecular weight is 316 g/mol. The van der Waals surface area contributed by atoms with E-state index < -0.39 is 0 Å². The number of hydrogen-bond donors (Lipinski definition) is 0. The van der Waals surface area contributed by atoms with Gasteiger partial charge in [0, 0.05) is 18.1 Å². The van der Waals surface area contributed by atoms with Crippen molar-refractivity contribution in [1.82, 2.24) is 4.90 Å². The molecule has 1 aliphatic heterocycles. The highest BCUT2D eigenvalue weighted by atomic mass is 35.5. The minimum Gasteiger partial charge on any atom is -0.497 e. The molecule has 1 aliphatic rings. The first-order chi connectivity index (χ1) is 10.7. The molecule has 0 amide bonds. The van der Waals surface area contributed by atoms with E-state index in [-0.39, 0.29) is 0 Å². The van der Waals surface area contributed by atoms with Crippen molar-refractivity contribution in [3.63, 3.8) is 0 Å². The van der Waals surface area contributed by atoms with Crippen LogP contribution in [0.5, 0.6) is 5.75 Å². The van der Waals surface area contributed by atoms with Crippen LogP contribution in [0.15, 0.2) is 42.5 Å². The van der Waals surface area contributed by atoms with Crippen LogP contribution in [0.1, 0.15) is 23.1 Å². The molecule has 0 saturated heterocycles. The fourth-order valence-corrected chi connectivity index (χ4v) is 3.32. The van der Waals surface area contributed by atoms with Gasteiger partial charge in [-0.2, -0.15) is 0 Å². The molecule has 3 rings (SSSR count). The number of fused-ring (bicyclic) bond motifs is 1. The van der Waals surface area contributed by atoms with E-state index in [1.165, 1.54) is 23.1 Å². The smallest absolute Gasteiger partial charge is 0.119 e. The highest BCUT2D eigenvalue weighted by Gasteiger charge is 2.16. The summed E-state index contributed by atoms with van der Waals surface area (Å²) < 4.78 is 5.31. The van der Waals surface area contributed by atoms with Crippen molar-refractivity contribution in [2.45, 2.75) is 25.8 Å². The van der Waals surface area contributed by atoms with Crippen molar-refractivity contribution in [2.75, 3.05) is 20.2 Å². The maximum Gasteiger partial charge on any atom is 0.119 e. The lowest BCUT2D eigenvalue weighted by Gasteiger charge is -2.29. The van der Waals surface area contributed by atoms with Gasteiger partial charge in [-0.3, -0.25) is 4.90 Å². The molecular formula is C19H22ClNO. The quantitative estimate of drug-likeness (QED) is 0.814. The fourth-order valence-electron chi connectivity index (χ4n) is 3.10. The summed E-state index contributed by atoms with van der Waals surface area (Å²) in [5, 5.41) is 0.832. The van der Waals surface area contributed by atoms with E-state index in [9.17, 15) is 0 Å². The summed E-state index contributed by atoms with van der Waals surface area (Å²) in [6.45, 7) is 3.32. The minimum absolute atomic E-state index is 0.832. The second-order valence-electron chi connectivity index (χ2n) is 5.89. The molecule has 2 nitrogen and oxygen atoms in total. The van der Waals surface area contributed by atoms with Gasteiger partial charge in [-0.05, 0) is 66.8 Å². The van der Waals surface area contributed by atoms with Crippen LogP contribution in [0.25, 0.3) is 0 Å². The summed E-state index contributed by atoms with van der Waals surface area (Å²) in [5.41, 5.74) is 4.20. The van der Waals surface area contributed by atoms with Gasteiger partial charge < -0.3 is 4.74 Å². The summed E-state index contributed by atoms with van der Waals surface area (Å²) in [6, 6.07) is 14.6. The molecule has 0 N–H and O–H groups in total. The largest absolute Gasteiger partial charge is 0.497 e. The highest BCUT2D eigenvalue weighted by molar-refractivity contribution is 6.30. The fraction of sp³-hybridized carbons (Fsp3) is 0.368. The molecule has 116 valence electrons. The maximum atomic E-state index is 6.03. The second kappa shape index (κ2) is 7.17. The zero-order valence-electron chi connectivity index (χ0n) is 13.0. The van der Waals surface area contributed by atoms with Crippen LogP contribution in [0, 0.1) is 0 Å². The van der Waals surface area contributed by atoms with E-state index in [1.807, 2.05) is 12.1 Å². The van der Waals surface area contributed by atoms with E-state index in [1.54, 1.807) is 7.11 Å². The van der Waals surface area contributed by atoms with Crippen LogP contribution in [0.4, 0.5) is 0 Å². The topological polar surface area (TPSA) is 12.5 Å². The first kappa shape index (κ1) is 15.4. The molecule has 2 aromatic carbocycles. The Hall–Kier alpha value is -1.51. The number of benzene rings is 2. The Bertz CT molecular complexity index is 641. The van der Waals surface area contributed by atoms with Crippen molar-refractivity contribution in [3.05, 3.63) is 64.2 Å². The van der Waals surface area contributed by atoms with Crippen LogP contribution in [-0.2, 0) is 19.4 Å². The lowest BCUT2D eigenvalue weighted by Crippen LogP contribution is -2.31. The van der Waals surface area contributed by atoms with Gasteiger partial charge in [0.1, 0.15) is 5.75 Å². The third kappa shape index (κ3) is 3.82. The number of methoxy groups -OCH3 is 1. The van der Waals surface area contributed by atoms with Crippen LogP contribution >= 0.6 is 11.6 Å². The molecule has 0 aliphatic carbocycles. The van der Waals surface area contributed by atoms with Gasteiger partial charge in [-0.15, -0.1) is 0 Å². The van der Waals surface area contributed by atoms with Gasteiger partial charge >= 0.3 is 0 Å². The van der Waals surface area contributed by atoms with Gasteiger partial charge in [-0.1, -0.05) is 29.8 Å². The molecule has 1 heterocycles. The summed E-state index contributed by atoms with van der Waals surface area (Å²) in [4.78, 5) is 2.54. The molecule has 0 bridgehead atoms. The third-order valence-corrected chi connectivity index (χ3v) is 4.57. The zero-order valence-corrected chi connectivity index (χ0v) is 13.8. The van der Waals surface area contributed by atoms with E-state index in [2.05, 4.69) is 35.2 Å². The molecule has 0 fully saturated rings. The number of ether oxygens (including phenoxy) is 1. The van der Waals surface area contributed by atoms with Gasteiger partial charge in [-0.25, -0.2) is 0 Å². The lowest BCUT2D eigenvalue weighted by molar-refractivity contribution is 0.251. The molecule has 0 atom stereocenters. The number of hydrogen-bond acceptors (Lipinski definition) is 2. The van der Waals surface area contributed by atoms with Gasteiger partial charge in [0.15, 0.2) is 0 Å². The van der Waals surface area contributed by atoms with E-state index in [4.69, 9.17) is 16.3 Å². The first-order valence-electron chi connectivity index (χ1n) is 7.87. The predicted octanol–water partition coefficient (Wildman–Crippen LogP) is 4.34. The van der Waals surface area contributed by atoms with E-state index in [0.29, 0.717) is 0 Å². The van der Waals surface area contributed by atoms with Crippen molar-refractivity contribution in [3.8, 4) is 5.75 Å². The number of nitrogens with zero attached hydrogens (tertiary/aromatic N) is 1. The highest BCUT2D eigenvalue weighted by Crippen LogP contribution is 2.24. The Morgan fingerprint density at radius 2 is 2.05 bits per heavy atom. The van der Waals surface area contributed by atoms with Crippen molar-refractivity contribution in [1.29, 1.82) is 0 Å². The van der Waals surface area contributed by atoms with Crippen LogP contribution in [0.3, 0.4) is 0 Å². The van der Waals surface area contributed by atoms with E-state index >= 15 is 0 Å². The van der Waals surface area contributed by atoms with E-state index in [0.717, 1.165) is 43.2 Å². The Kier molecular flexibility index (Phi) is 5.01. The number of aryl methyl sites for hydroxylation is 1. The minimum atomic E-state index is 0.832. The van der Waals surface area contributed by atoms with Crippen LogP contribution in [-0.4, -0.2) is 25.1 Å². The number of halogens is 1. The summed E-state index contributed by atoms with van der Waals surface area (Å²) >= 11 is 6.03. The third-order valence-electron chi connectivity index (χ3n) is 4.33. The summed E-state index contributed by atoms with van der Waals surface area (Å²) in [5.74, 6) is 0.966. The maximum absolute atomic E-state index is 6.03. The molecule has 0 aromatic heterocycles. The Morgan fingerprint density at radius 3 is 2.86 bits per heavy atom. The molecule has 22 heavy (non-hydrogen) atoms. The summed E-state index contributed by atoms with van der Waals surface area (Å²) in [7, 11) is 1.73. The lowest BCUT2D eigenvalue weighted by atomic mass is 9.99. The monoisotopic (exact) mass is 315 g/mol. The number of rotatable bonds is 5. The molecule has 0 spiro atoms. The molecule has 3 heteroatoms. The van der Waals surface area contributed by atoms with Crippen molar-refractivity contribution < 1.29 is 4.74 Å². The molecule has 0 unspecified atom stereocenters. The standard InChI is InChI=1S/C19H22ClNO/c1-22-19-8-7-17-14-21(11-9-16(17)13-19)10-3-5-15-4-2-6-18(20)12-15/h2,4,6-8,12-13H,3,5,9-11,14H2,1H3. The summed E-state index contributed by atoms with van der Waals surface area (Å²) in [6.07, 6.45) is 3.38. The van der Waals surface area contributed by atoms with Crippen LogP contribution < -0.4 is 4.74 Å². The van der Waals surface area contributed by atoms with Gasteiger partial charge in [0.05, 0.1) is 7.11 Å². The predicted molar refractivity (Wildman–Crippen MR) is 91.7 cm³/mol. The first-order valence-corrected chi connectivity index (χ1v) is 8.25. The molecule has 2 aromatic rings. The Balaban J connectivity index is 1.52. The van der Waals surface area contributed by atoms with Crippen molar-refractivity contribution >= 4 is 11.6 Å². The van der Waals surface area contributed by atoms with Crippen LogP contribution in [0.2, 0.25) is 5.02 Å². The average Bonchev–Trinajstić information content (AvgIpc) is 2.54.